The summed E-state index contributed by atoms with van der Waals surface area (Å²) in [5.41, 5.74) is 1.68. The number of anilines is 1. The Hall–Kier alpha value is -3.06. The van der Waals surface area contributed by atoms with Crippen molar-refractivity contribution in [1.82, 2.24) is 5.32 Å². The second kappa shape index (κ2) is 8.31. The molecule has 142 valence electrons. The summed E-state index contributed by atoms with van der Waals surface area (Å²) >= 11 is 3.38. The van der Waals surface area contributed by atoms with Gasteiger partial charge in [-0.3, -0.25) is 15.0 Å². The van der Waals surface area contributed by atoms with Crippen LogP contribution in [0.4, 0.5) is 19.3 Å². The van der Waals surface area contributed by atoms with Crippen molar-refractivity contribution >= 4 is 33.6 Å². The predicted octanol–water partition coefficient (Wildman–Crippen LogP) is 5.38. The SMILES string of the molecule is CN(C(=O)NC(=O)c1c(F)cccc1F)c1ccc(-c2ccc(Br)cc2)cc1. The number of amides is 3. The van der Waals surface area contributed by atoms with E-state index in [9.17, 15) is 18.4 Å². The Morgan fingerprint density at radius 2 is 1.36 bits per heavy atom. The number of hydrogen-bond acceptors (Lipinski definition) is 2. The van der Waals surface area contributed by atoms with Crippen molar-refractivity contribution in [3.05, 3.63) is 88.4 Å². The Bertz CT molecular complexity index is 1000. The van der Waals surface area contributed by atoms with Gasteiger partial charge in [0.1, 0.15) is 17.2 Å². The van der Waals surface area contributed by atoms with E-state index >= 15 is 0 Å². The van der Waals surface area contributed by atoms with E-state index in [0.29, 0.717) is 5.69 Å². The number of carbonyl (C=O) groups excluding carboxylic acids is 2. The molecule has 3 aromatic carbocycles. The van der Waals surface area contributed by atoms with Gasteiger partial charge in [0.25, 0.3) is 5.91 Å². The molecule has 3 amide bonds. The normalized spacial score (nSPS) is 10.4. The first kappa shape index (κ1) is 19.7. The average Bonchev–Trinajstić information content (AvgIpc) is 2.68. The maximum absolute atomic E-state index is 13.7. The summed E-state index contributed by atoms with van der Waals surface area (Å²) in [6, 6.07) is 17.1. The van der Waals surface area contributed by atoms with E-state index in [1.165, 1.54) is 11.9 Å². The van der Waals surface area contributed by atoms with E-state index in [1.807, 2.05) is 41.7 Å². The summed E-state index contributed by atoms with van der Waals surface area (Å²) in [4.78, 5) is 25.5. The first-order valence-electron chi connectivity index (χ1n) is 8.26. The third-order valence-corrected chi connectivity index (χ3v) is 4.68. The van der Waals surface area contributed by atoms with Gasteiger partial charge >= 0.3 is 6.03 Å². The Morgan fingerprint density at radius 3 is 1.89 bits per heavy atom. The Labute approximate surface area is 168 Å². The van der Waals surface area contributed by atoms with Crippen LogP contribution in [0.2, 0.25) is 0 Å². The minimum atomic E-state index is -1.14. The number of hydrogen-bond donors (Lipinski definition) is 1. The molecule has 28 heavy (non-hydrogen) atoms. The maximum atomic E-state index is 13.7. The minimum Gasteiger partial charge on any atom is -0.297 e. The van der Waals surface area contributed by atoms with Crippen LogP contribution in [0.1, 0.15) is 10.4 Å². The van der Waals surface area contributed by atoms with Crippen LogP contribution in [-0.2, 0) is 0 Å². The molecule has 3 rings (SSSR count). The van der Waals surface area contributed by atoms with Crippen LogP contribution < -0.4 is 10.2 Å². The van der Waals surface area contributed by atoms with E-state index in [0.717, 1.165) is 33.8 Å². The molecule has 0 spiro atoms. The summed E-state index contributed by atoms with van der Waals surface area (Å²) in [7, 11) is 1.45. The first-order chi connectivity index (χ1) is 13.4. The number of imide groups is 1. The number of nitrogens with one attached hydrogen (secondary N) is 1. The second-order valence-electron chi connectivity index (χ2n) is 5.97. The first-order valence-corrected chi connectivity index (χ1v) is 9.05. The van der Waals surface area contributed by atoms with Gasteiger partial charge in [0.2, 0.25) is 0 Å². The molecule has 0 aliphatic carbocycles. The zero-order valence-corrected chi connectivity index (χ0v) is 16.3. The number of benzene rings is 3. The summed E-state index contributed by atoms with van der Waals surface area (Å²) in [6.07, 6.45) is 0. The van der Waals surface area contributed by atoms with E-state index in [2.05, 4.69) is 15.9 Å². The highest BCUT2D eigenvalue weighted by Crippen LogP contribution is 2.24. The molecule has 0 aliphatic heterocycles. The third-order valence-electron chi connectivity index (χ3n) is 4.15. The van der Waals surface area contributed by atoms with Gasteiger partial charge in [-0.05, 0) is 47.5 Å². The van der Waals surface area contributed by atoms with Crippen LogP contribution in [0.25, 0.3) is 11.1 Å². The molecule has 0 aromatic heterocycles. The molecular formula is C21H15BrF2N2O2. The van der Waals surface area contributed by atoms with Gasteiger partial charge < -0.3 is 0 Å². The fourth-order valence-corrected chi connectivity index (χ4v) is 2.86. The van der Waals surface area contributed by atoms with E-state index in [-0.39, 0.29) is 0 Å². The summed E-state index contributed by atoms with van der Waals surface area (Å²) < 4.78 is 28.3. The smallest absolute Gasteiger partial charge is 0.297 e. The van der Waals surface area contributed by atoms with Crippen LogP contribution in [0, 0.1) is 11.6 Å². The fraction of sp³-hybridized carbons (Fsp3) is 0.0476. The minimum absolute atomic E-state index is 0.514. The second-order valence-corrected chi connectivity index (χ2v) is 6.88. The van der Waals surface area contributed by atoms with Crippen LogP contribution in [-0.4, -0.2) is 19.0 Å². The zero-order valence-electron chi connectivity index (χ0n) is 14.7. The lowest BCUT2D eigenvalue weighted by molar-refractivity contribution is 0.0957. The molecule has 1 N–H and O–H groups in total. The standard InChI is InChI=1S/C21H15BrF2N2O2/c1-26(21(28)25-20(27)19-17(23)3-2-4-18(19)24)16-11-7-14(8-12-16)13-5-9-15(22)10-6-13/h2-12H,1H3,(H,25,27,28). The predicted molar refractivity (Wildman–Crippen MR) is 107 cm³/mol. The monoisotopic (exact) mass is 444 g/mol. The van der Waals surface area contributed by atoms with Crippen molar-refractivity contribution in [2.24, 2.45) is 0 Å². The van der Waals surface area contributed by atoms with Crippen LogP contribution in [0.3, 0.4) is 0 Å². The quantitative estimate of drug-likeness (QED) is 0.589. The van der Waals surface area contributed by atoms with Gasteiger partial charge in [-0.2, -0.15) is 0 Å². The van der Waals surface area contributed by atoms with E-state index in [1.54, 1.807) is 12.1 Å². The molecule has 0 atom stereocenters. The lowest BCUT2D eigenvalue weighted by atomic mass is 10.1. The molecule has 0 radical (unpaired) electrons. The van der Waals surface area contributed by atoms with Gasteiger partial charge in [0.05, 0.1) is 0 Å². The van der Waals surface area contributed by atoms with Gasteiger partial charge in [-0.1, -0.05) is 46.3 Å². The van der Waals surface area contributed by atoms with Crippen molar-refractivity contribution < 1.29 is 18.4 Å². The maximum Gasteiger partial charge on any atom is 0.328 e. The van der Waals surface area contributed by atoms with Crippen molar-refractivity contribution in [1.29, 1.82) is 0 Å². The third kappa shape index (κ3) is 4.26. The lowest BCUT2D eigenvalue weighted by Crippen LogP contribution is -2.41. The van der Waals surface area contributed by atoms with Gasteiger partial charge in [0, 0.05) is 17.2 Å². The molecular weight excluding hydrogens is 430 g/mol. The zero-order chi connectivity index (χ0) is 20.3. The largest absolute Gasteiger partial charge is 0.328 e. The van der Waals surface area contributed by atoms with Crippen molar-refractivity contribution in [3.63, 3.8) is 0 Å². The van der Waals surface area contributed by atoms with Gasteiger partial charge in [0.15, 0.2) is 0 Å². The number of nitrogens with zero attached hydrogens (tertiary/aromatic N) is 1. The van der Waals surface area contributed by atoms with Gasteiger partial charge in [-0.15, -0.1) is 0 Å². The molecule has 0 aliphatic rings. The Kier molecular flexibility index (Phi) is 5.84. The summed E-state index contributed by atoms with van der Waals surface area (Å²) in [5, 5.41) is 1.99. The molecule has 0 heterocycles. The molecule has 4 nitrogen and oxygen atoms in total. The molecule has 0 saturated carbocycles. The molecule has 0 fully saturated rings. The fourth-order valence-electron chi connectivity index (χ4n) is 2.60. The number of urea groups is 1. The number of carbonyl (C=O) groups is 2. The molecule has 0 saturated heterocycles. The highest BCUT2D eigenvalue weighted by Gasteiger charge is 2.21. The van der Waals surface area contributed by atoms with Crippen molar-refractivity contribution in [2.75, 3.05) is 11.9 Å². The highest BCUT2D eigenvalue weighted by atomic mass is 79.9. The molecule has 0 unspecified atom stereocenters. The summed E-state index contributed by atoms with van der Waals surface area (Å²) in [5.74, 6) is -3.21. The van der Waals surface area contributed by atoms with E-state index in [4.69, 9.17) is 0 Å². The van der Waals surface area contributed by atoms with Crippen molar-refractivity contribution in [3.8, 4) is 11.1 Å². The highest BCUT2D eigenvalue weighted by molar-refractivity contribution is 9.10. The van der Waals surface area contributed by atoms with Crippen LogP contribution in [0.5, 0.6) is 0 Å². The number of halogens is 3. The Balaban J connectivity index is 1.72. The topological polar surface area (TPSA) is 49.4 Å². The van der Waals surface area contributed by atoms with Crippen LogP contribution >= 0.6 is 15.9 Å². The lowest BCUT2D eigenvalue weighted by Gasteiger charge is -2.18. The van der Waals surface area contributed by atoms with Crippen LogP contribution in [0.15, 0.2) is 71.2 Å². The van der Waals surface area contributed by atoms with Crippen molar-refractivity contribution in [2.45, 2.75) is 0 Å². The number of rotatable bonds is 3. The Morgan fingerprint density at radius 1 is 0.857 bits per heavy atom. The van der Waals surface area contributed by atoms with Gasteiger partial charge in [-0.25, -0.2) is 13.6 Å². The molecule has 3 aromatic rings. The molecule has 7 heteroatoms. The average molecular weight is 445 g/mol. The van der Waals surface area contributed by atoms with E-state index < -0.39 is 29.1 Å². The summed E-state index contributed by atoms with van der Waals surface area (Å²) in [6.45, 7) is 0. The molecule has 0 bridgehead atoms.